The monoisotopic (exact) mass is 197 g/mol. The first-order valence-electron chi connectivity index (χ1n) is 4.10. The Morgan fingerprint density at radius 3 is 2.79 bits per heavy atom. The molecule has 0 radical (unpaired) electrons. The van der Waals surface area contributed by atoms with Gasteiger partial charge in [-0.05, 0) is 13.0 Å². The molecule has 0 saturated carbocycles. The summed E-state index contributed by atoms with van der Waals surface area (Å²) in [7, 11) is 0. The molecule has 1 aromatic heterocycles. The minimum atomic E-state index is -1.03. The Labute approximate surface area is 81.0 Å². The van der Waals surface area contributed by atoms with Crippen LogP contribution in [-0.2, 0) is 0 Å². The minimum Gasteiger partial charge on any atom is -0.478 e. The van der Waals surface area contributed by atoms with Gasteiger partial charge in [-0.1, -0.05) is 0 Å². The number of nitrogens with zero attached hydrogens (tertiary/aromatic N) is 1. The number of ether oxygens (including phenoxy) is 1. The molecule has 5 heteroatoms. The Balaban J connectivity index is 2.60. The molecular weight excluding hydrogens is 186 g/mol. The number of aromatic nitrogens is 1. The van der Waals surface area contributed by atoms with Gasteiger partial charge >= 0.3 is 5.97 Å². The average Bonchev–Trinajstić information content (AvgIpc) is 2.15. The lowest BCUT2D eigenvalue weighted by atomic mass is 10.3. The van der Waals surface area contributed by atoms with Crippen molar-refractivity contribution < 1.29 is 19.7 Å². The fourth-order valence-electron chi connectivity index (χ4n) is 0.798. The van der Waals surface area contributed by atoms with Crippen LogP contribution in [0, 0.1) is 0 Å². The molecule has 76 valence electrons. The summed E-state index contributed by atoms with van der Waals surface area (Å²) in [6.45, 7) is 1.73. The van der Waals surface area contributed by atoms with E-state index in [4.69, 9.17) is 14.9 Å². The second-order valence-corrected chi connectivity index (χ2v) is 2.85. The summed E-state index contributed by atoms with van der Waals surface area (Å²) in [6, 6.07) is 2.85. The predicted octanol–water partition coefficient (Wildman–Crippen LogP) is 0.539. The van der Waals surface area contributed by atoms with Crippen molar-refractivity contribution in [3.8, 4) is 5.88 Å². The number of carbonyl (C=O) groups is 1. The van der Waals surface area contributed by atoms with Gasteiger partial charge in [-0.15, -0.1) is 0 Å². The average molecular weight is 197 g/mol. The summed E-state index contributed by atoms with van der Waals surface area (Å²) in [5, 5.41) is 17.5. The van der Waals surface area contributed by atoms with Crippen LogP contribution in [0.25, 0.3) is 0 Å². The molecule has 14 heavy (non-hydrogen) atoms. The van der Waals surface area contributed by atoms with Crippen molar-refractivity contribution in [2.24, 2.45) is 0 Å². The van der Waals surface area contributed by atoms with Crippen LogP contribution in [0.1, 0.15) is 17.3 Å². The zero-order valence-corrected chi connectivity index (χ0v) is 7.67. The van der Waals surface area contributed by atoms with Crippen LogP contribution in [0.3, 0.4) is 0 Å². The van der Waals surface area contributed by atoms with Gasteiger partial charge in [0.1, 0.15) is 6.61 Å². The molecule has 0 spiro atoms. The largest absolute Gasteiger partial charge is 0.478 e. The van der Waals surface area contributed by atoms with Crippen molar-refractivity contribution in [3.63, 3.8) is 0 Å². The molecule has 0 amide bonds. The first kappa shape index (κ1) is 10.5. The minimum absolute atomic E-state index is 0.106. The van der Waals surface area contributed by atoms with Gasteiger partial charge < -0.3 is 14.9 Å². The highest BCUT2D eigenvalue weighted by molar-refractivity contribution is 5.87. The number of aromatic carboxylic acids is 1. The summed E-state index contributed by atoms with van der Waals surface area (Å²) in [6.07, 6.45) is 0.635. The fourth-order valence-corrected chi connectivity index (χ4v) is 0.798. The number of rotatable bonds is 4. The molecule has 0 aliphatic carbocycles. The molecule has 1 rings (SSSR count). The quantitative estimate of drug-likeness (QED) is 0.736. The highest BCUT2D eigenvalue weighted by atomic mass is 16.5. The van der Waals surface area contributed by atoms with E-state index in [1.165, 1.54) is 18.3 Å². The first-order valence-corrected chi connectivity index (χ1v) is 4.10. The Kier molecular flexibility index (Phi) is 3.41. The van der Waals surface area contributed by atoms with Crippen LogP contribution in [0.5, 0.6) is 5.88 Å². The van der Waals surface area contributed by atoms with Gasteiger partial charge in [0.15, 0.2) is 0 Å². The van der Waals surface area contributed by atoms with Gasteiger partial charge in [0.25, 0.3) is 0 Å². The van der Waals surface area contributed by atoms with E-state index in [9.17, 15) is 4.79 Å². The lowest BCUT2D eigenvalue weighted by molar-refractivity contribution is 0.0696. The number of hydrogen-bond acceptors (Lipinski definition) is 4. The molecular formula is C9H11NO4. The lowest BCUT2D eigenvalue weighted by Gasteiger charge is -2.06. The Bertz CT molecular complexity index is 307. The lowest BCUT2D eigenvalue weighted by Crippen LogP contribution is -2.13. The second-order valence-electron chi connectivity index (χ2n) is 2.85. The van der Waals surface area contributed by atoms with Crippen molar-refractivity contribution in [1.82, 2.24) is 4.98 Å². The zero-order chi connectivity index (χ0) is 10.6. The van der Waals surface area contributed by atoms with Gasteiger partial charge in [-0.2, -0.15) is 0 Å². The number of aliphatic hydroxyl groups excluding tert-OH is 1. The van der Waals surface area contributed by atoms with E-state index < -0.39 is 12.1 Å². The SMILES string of the molecule is CC(O)COc1ccc(C(=O)O)cn1. The number of aliphatic hydroxyl groups is 1. The zero-order valence-electron chi connectivity index (χ0n) is 7.67. The number of hydrogen-bond donors (Lipinski definition) is 2. The van der Waals surface area contributed by atoms with Gasteiger partial charge in [0, 0.05) is 12.3 Å². The molecule has 2 N–H and O–H groups in total. The van der Waals surface area contributed by atoms with Gasteiger partial charge in [-0.3, -0.25) is 0 Å². The molecule has 5 nitrogen and oxygen atoms in total. The number of pyridine rings is 1. The van der Waals surface area contributed by atoms with Crippen LogP contribution in [-0.4, -0.2) is 33.9 Å². The highest BCUT2D eigenvalue weighted by Gasteiger charge is 2.03. The fraction of sp³-hybridized carbons (Fsp3) is 0.333. The van der Waals surface area contributed by atoms with Crippen LogP contribution >= 0.6 is 0 Å². The van der Waals surface area contributed by atoms with Crippen LogP contribution in [0.2, 0.25) is 0 Å². The van der Waals surface area contributed by atoms with Crippen molar-refractivity contribution in [3.05, 3.63) is 23.9 Å². The van der Waals surface area contributed by atoms with Gasteiger partial charge in [0.05, 0.1) is 11.7 Å². The maximum absolute atomic E-state index is 10.5. The van der Waals surface area contributed by atoms with Crippen molar-refractivity contribution in [2.75, 3.05) is 6.61 Å². The summed E-state index contributed by atoms with van der Waals surface area (Å²) in [5.41, 5.74) is 0.106. The van der Waals surface area contributed by atoms with E-state index in [1.807, 2.05) is 0 Å². The standard InChI is InChI=1S/C9H11NO4/c1-6(11)5-14-8-3-2-7(4-10-8)9(12)13/h2-4,6,11H,5H2,1H3,(H,12,13). The molecule has 0 saturated heterocycles. The predicted molar refractivity (Wildman–Crippen MR) is 48.4 cm³/mol. The summed E-state index contributed by atoms with van der Waals surface area (Å²) >= 11 is 0. The van der Waals surface area contributed by atoms with Crippen LogP contribution < -0.4 is 4.74 Å². The van der Waals surface area contributed by atoms with E-state index in [1.54, 1.807) is 6.92 Å². The first-order chi connectivity index (χ1) is 6.59. The molecule has 1 atom stereocenters. The number of carboxylic acids is 1. The van der Waals surface area contributed by atoms with Crippen LogP contribution in [0.4, 0.5) is 0 Å². The van der Waals surface area contributed by atoms with Crippen molar-refractivity contribution >= 4 is 5.97 Å². The van der Waals surface area contributed by atoms with E-state index in [2.05, 4.69) is 4.98 Å². The van der Waals surface area contributed by atoms with Crippen molar-refractivity contribution in [2.45, 2.75) is 13.0 Å². The molecule has 0 aromatic carbocycles. The van der Waals surface area contributed by atoms with E-state index in [-0.39, 0.29) is 12.2 Å². The van der Waals surface area contributed by atoms with Gasteiger partial charge in [0.2, 0.25) is 5.88 Å². The van der Waals surface area contributed by atoms with E-state index in [0.29, 0.717) is 5.88 Å². The normalized spacial score (nSPS) is 12.1. The molecule has 0 bridgehead atoms. The topological polar surface area (TPSA) is 79.7 Å². The molecule has 0 aliphatic heterocycles. The molecule has 1 heterocycles. The third kappa shape index (κ3) is 3.02. The molecule has 1 aromatic rings. The highest BCUT2D eigenvalue weighted by Crippen LogP contribution is 2.07. The molecule has 1 unspecified atom stereocenters. The third-order valence-corrected chi connectivity index (χ3v) is 1.46. The third-order valence-electron chi connectivity index (χ3n) is 1.46. The maximum atomic E-state index is 10.5. The smallest absolute Gasteiger partial charge is 0.337 e. The van der Waals surface area contributed by atoms with Crippen molar-refractivity contribution in [1.29, 1.82) is 0 Å². The molecule has 0 aliphatic rings. The summed E-state index contributed by atoms with van der Waals surface area (Å²) < 4.78 is 5.05. The Morgan fingerprint density at radius 2 is 2.36 bits per heavy atom. The maximum Gasteiger partial charge on any atom is 0.337 e. The summed E-state index contributed by atoms with van der Waals surface area (Å²) in [5.74, 6) is -0.726. The van der Waals surface area contributed by atoms with E-state index in [0.717, 1.165) is 0 Å². The molecule has 0 fully saturated rings. The van der Waals surface area contributed by atoms with Crippen LogP contribution in [0.15, 0.2) is 18.3 Å². The summed E-state index contributed by atoms with van der Waals surface area (Å²) in [4.78, 5) is 14.2. The van der Waals surface area contributed by atoms with E-state index >= 15 is 0 Å². The number of carboxylic acid groups (broad SMARTS) is 1. The Morgan fingerprint density at radius 1 is 1.64 bits per heavy atom. The van der Waals surface area contributed by atoms with Gasteiger partial charge in [-0.25, -0.2) is 9.78 Å². The second kappa shape index (κ2) is 4.57. The Hall–Kier alpha value is -1.62.